The van der Waals surface area contributed by atoms with E-state index in [-0.39, 0.29) is 19.0 Å². The first-order chi connectivity index (χ1) is 12.3. The van der Waals surface area contributed by atoms with Crippen molar-refractivity contribution in [2.45, 2.75) is 24.5 Å². The molecule has 0 amide bonds. The highest BCUT2D eigenvalue weighted by atomic mass is 32.5. The molecule has 0 aromatic carbocycles. The van der Waals surface area contributed by atoms with Gasteiger partial charge in [0.15, 0.2) is 12.7 Å². The van der Waals surface area contributed by atoms with Crippen molar-refractivity contribution in [2.24, 2.45) is 0 Å². The van der Waals surface area contributed by atoms with E-state index in [2.05, 4.69) is 4.98 Å². The Morgan fingerprint density at radius 3 is 2.69 bits per heavy atom. The number of aromatic nitrogens is 2. The minimum absolute atomic E-state index is 0.0988. The lowest BCUT2D eigenvalue weighted by atomic mass is 10.1. The van der Waals surface area contributed by atoms with E-state index in [0.717, 1.165) is 0 Å². The molecule has 0 radical (unpaired) electrons. The minimum atomic E-state index is -3.03. The molecule has 0 saturated carbocycles. The van der Waals surface area contributed by atoms with Gasteiger partial charge < -0.3 is 34.1 Å². The summed E-state index contributed by atoms with van der Waals surface area (Å²) in [5.41, 5.74) is 4.95. The van der Waals surface area contributed by atoms with Gasteiger partial charge in [-0.3, -0.25) is 4.57 Å². The summed E-state index contributed by atoms with van der Waals surface area (Å²) in [6.07, 6.45) is -1.45. The third-order valence-electron chi connectivity index (χ3n) is 3.66. The van der Waals surface area contributed by atoms with Gasteiger partial charge in [0, 0.05) is 27.1 Å². The van der Waals surface area contributed by atoms with Gasteiger partial charge in [-0.2, -0.15) is 4.98 Å². The molecule has 1 aliphatic heterocycles. The third-order valence-corrected chi connectivity index (χ3v) is 4.55. The number of anilines is 1. The molecule has 10 nitrogen and oxygen atoms in total. The Labute approximate surface area is 156 Å². The molecule has 1 fully saturated rings. The van der Waals surface area contributed by atoms with Crippen LogP contribution in [0, 0.1) is 0 Å². The minimum Gasteiger partial charge on any atom is -0.383 e. The fourth-order valence-corrected chi connectivity index (χ4v) is 3.65. The predicted molar refractivity (Wildman–Crippen MR) is 97.6 cm³/mol. The number of nitrogen functional groups attached to an aromatic ring is 1. The standard InChI is InChI=1S/C14H24N3O7PS/c1-20-6-7-22-12-11(24-25(3,19)26)9(8-21-2)23-13(12)17-5-4-10(15)16-14(17)18/h4-5,9,11-13H,6-8H2,1-3H3,(H,19,26)(H2,15,16,18)/t9-,11?,12+,13-,25?/m1/s1. The Balaban J connectivity index is 2.36. The highest BCUT2D eigenvalue weighted by Crippen LogP contribution is 2.45. The Bertz CT molecular complexity index is 697. The summed E-state index contributed by atoms with van der Waals surface area (Å²) in [5, 5.41) is 0. The lowest BCUT2D eigenvalue weighted by molar-refractivity contribution is -0.0824. The smallest absolute Gasteiger partial charge is 0.351 e. The second-order valence-corrected chi connectivity index (χ2v) is 9.61. The van der Waals surface area contributed by atoms with Gasteiger partial charge in [-0.25, -0.2) is 4.79 Å². The van der Waals surface area contributed by atoms with Crippen LogP contribution >= 0.6 is 6.49 Å². The number of methoxy groups -OCH3 is 2. The van der Waals surface area contributed by atoms with Crippen LogP contribution in [0.2, 0.25) is 0 Å². The van der Waals surface area contributed by atoms with Gasteiger partial charge in [-0.05, 0) is 17.9 Å². The lowest BCUT2D eigenvalue weighted by Crippen LogP contribution is -2.40. The molecule has 2 rings (SSSR count). The zero-order chi connectivity index (χ0) is 19.3. The first kappa shape index (κ1) is 21.4. The summed E-state index contributed by atoms with van der Waals surface area (Å²) < 4.78 is 28.9. The summed E-state index contributed by atoms with van der Waals surface area (Å²) in [7, 11) is 3.05. The van der Waals surface area contributed by atoms with Crippen molar-refractivity contribution in [3.8, 4) is 0 Å². The molecule has 148 valence electrons. The zero-order valence-electron chi connectivity index (χ0n) is 14.8. The number of hydrogen-bond donors (Lipinski definition) is 2. The van der Waals surface area contributed by atoms with E-state index in [4.69, 9.17) is 41.0 Å². The van der Waals surface area contributed by atoms with Crippen molar-refractivity contribution in [3.05, 3.63) is 22.7 Å². The van der Waals surface area contributed by atoms with E-state index < -0.39 is 36.7 Å². The lowest BCUT2D eigenvalue weighted by Gasteiger charge is -2.27. The van der Waals surface area contributed by atoms with Crippen molar-refractivity contribution in [3.63, 3.8) is 0 Å². The van der Waals surface area contributed by atoms with Crippen LogP contribution in [0.25, 0.3) is 0 Å². The van der Waals surface area contributed by atoms with Crippen molar-refractivity contribution >= 4 is 24.1 Å². The fraction of sp³-hybridized carbons (Fsp3) is 0.714. The van der Waals surface area contributed by atoms with E-state index in [9.17, 15) is 9.69 Å². The largest absolute Gasteiger partial charge is 0.383 e. The predicted octanol–water partition coefficient (Wildman–Crippen LogP) is -0.282. The van der Waals surface area contributed by atoms with Gasteiger partial charge in [0.2, 0.25) is 0 Å². The monoisotopic (exact) mass is 409 g/mol. The topological polar surface area (TPSA) is 127 Å². The summed E-state index contributed by atoms with van der Waals surface area (Å²) in [6.45, 7) is -0.864. The number of nitrogens with two attached hydrogens (primary N) is 1. The molecule has 2 heterocycles. The average molecular weight is 409 g/mol. The molecular weight excluding hydrogens is 385 g/mol. The molecule has 1 aliphatic rings. The molecule has 2 unspecified atom stereocenters. The third kappa shape index (κ3) is 5.54. The zero-order valence-corrected chi connectivity index (χ0v) is 16.5. The Morgan fingerprint density at radius 2 is 2.12 bits per heavy atom. The molecule has 1 saturated heterocycles. The van der Waals surface area contributed by atoms with Crippen LogP contribution in [-0.2, 0) is 35.3 Å². The molecule has 5 atom stereocenters. The van der Waals surface area contributed by atoms with Crippen LogP contribution in [-0.4, -0.2) is 73.5 Å². The number of nitrogens with zero attached hydrogens (tertiary/aromatic N) is 2. The molecule has 0 aliphatic carbocycles. The summed E-state index contributed by atoms with van der Waals surface area (Å²) >= 11 is 5.02. The van der Waals surface area contributed by atoms with Crippen molar-refractivity contribution in [1.82, 2.24) is 9.55 Å². The van der Waals surface area contributed by atoms with Crippen LogP contribution in [0.1, 0.15) is 6.23 Å². The molecule has 26 heavy (non-hydrogen) atoms. The second kappa shape index (κ2) is 9.34. The highest BCUT2D eigenvalue weighted by Gasteiger charge is 2.49. The van der Waals surface area contributed by atoms with Crippen molar-refractivity contribution in [2.75, 3.05) is 46.4 Å². The molecule has 1 aromatic rings. The van der Waals surface area contributed by atoms with Crippen LogP contribution in [0.15, 0.2) is 17.1 Å². The summed E-state index contributed by atoms with van der Waals surface area (Å²) in [4.78, 5) is 26.0. The van der Waals surface area contributed by atoms with Gasteiger partial charge in [-0.1, -0.05) is 0 Å². The molecule has 0 bridgehead atoms. The number of hydrogen-bond acceptors (Lipinski definition) is 9. The Kier molecular flexibility index (Phi) is 7.68. The molecule has 3 N–H and O–H groups in total. The van der Waals surface area contributed by atoms with Gasteiger partial charge >= 0.3 is 5.69 Å². The fourth-order valence-electron chi connectivity index (χ4n) is 2.65. The molecule has 1 aromatic heterocycles. The highest BCUT2D eigenvalue weighted by molar-refractivity contribution is 8.09. The van der Waals surface area contributed by atoms with E-state index in [1.54, 1.807) is 7.11 Å². The molecule has 12 heteroatoms. The second-order valence-electron chi connectivity index (χ2n) is 5.76. The number of ether oxygens (including phenoxy) is 4. The first-order valence-electron chi connectivity index (χ1n) is 7.85. The van der Waals surface area contributed by atoms with E-state index in [1.165, 1.54) is 30.6 Å². The maximum Gasteiger partial charge on any atom is 0.351 e. The molecule has 0 spiro atoms. The van der Waals surface area contributed by atoms with Crippen molar-refractivity contribution < 1.29 is 28.4 Å². The van der Waals surface area contributed by atoms with Crippen LogP contribution < -0.4 is 11.4 Å². The normalized spacial score (nSPS) is 28.2. The van der Waals surface area contributed by atoms with Gasteiger partial charge in [0.05, 0.1) is 19.8 Å². The van der Waals surface area contributed by atoms with Gasteiger partial charge in [0.25, 0.3) is 0 Å². The number of rotatable bonds is 9. The van der Waals surface area contributed by atoms with Crippen molar-refractivity contribution in [1.29, 1.82) is 0 Å². The van der Waals surface area contributed by atoms with Gasteiger partial charge in [0.1, 0.15) is 24.1 Å². The summed E-state index contributed by atoms with van der Waals surface area (Å²) in [5.74, 6) is 0.0988. The van der Waals surface area contributed by atoms with Crippen LogP contribution in [0.5, 0.6) is 0 Å². The Hall–Kier alpha value is -0.910. The van der Waals surface area contributed by atoms with E-state index in [0.29, 0.717) is 6.61 Å². The average Bonchev–Trinajstić information content (AvgIpc) is 2.84. The maximum atomic E-state index is 12.2. The van der Waals surface area contributed by atoms with Gasteiger partial charge in [-0.15, -0.1) is 0 Å². The van der Waals surface area contributed by atoms with Crippen LogP contribution in [0.4, 0.5) is 5.82 Å². The Morgan fingerprint density at radius 1 is 1.38 bits per heavy atom. The first-order valence-corrected chi connectivity index (χ1v) is 11.0. The summed E-state index contributed by atoms with van der Waals surface area (Å²) in [6, 6.07) is 1.48. The van der Waals surface area contributed by atoms with E-state index >= 15 is 0 Å². The molecular formula is C14H24N3O7PS. The van der Waals surface area contributed by atoms with Crippen LogP contribution in [0.3, 0.4) is 0 Å². The SMILES string of the molecule is COCCO[C@H]1C(OP(C)(O)=S)[C@@H](COC)O[C@H]1n1ccc(N)nc1=O. The van der Waals surface area contributed by atoms with E-state index in [1.807, 2.05) is 0 Å². The maximum absolute atomic E-state index is 12.2. The quantitative estimate of drug-likeness (QED) is 0.415.